The fourth-order valence-electron chi connectivity index (χ4n) is 2.72. The van der Waals surface area contributed by atoms with Crippen molar-refractivity contribution in [2.45, 2.75) is 32.5 Å². The van der Waals surface area contributed by atoms with E-state index < -0.39 is 17.0 Å². The summed E-state index contributed by atoms with van der Waals surface area (Å²) in [5.41, 5.74) is 4.32. The maximum absolute atomic E-state index is 12.6. The predicted molar refractivity (Wildman–Crippen MR) is 88.4 cm³/mol. The Morgan fingerprint density at radius 2 is 2.12 bits per heavy atom. The van der Waals surface area contributed by atoms with E-state index in [-0.39, 0.29) is 43.2 Å². The van der Waals surface area contributed by atoms with Crippen LogP contribution in [0.3, 0.4) is 0 Å². The highest BCUT2D eigenvalue weighted by Gasteiger charge is 2.28. The van der Waals surface area contributed by atoms with Crippen LogP contribution in [0.4, 0.5) is 5.82 Å². The molecule has 1 aliphatic heterocycles. The van der Waals surface area contributed by atoms with Crippen molar-refractivity contribution in [3.63, 3.8) is 0 Å². The number of morpholine rings is 1. The lowest BCUT2D eigenvalue weighted by Gasteiger charge is -2.36. The molecule has 0 unspecified atom stereocenters. The van der Waals surface area contributed by atoms with Crippen LogP contribution in [-0.4, -0.2) is 65.8 Å². The van der Waals surface area contributed by atoms with Gasteiger partial charge in [-0.2, -0.15) is 0 Å². The summed E-state index contributed by atoms with van der Waals surface area (Å²) >= 11 is 0. The zero-order valence-corrected chi connectivity index (χ0v) is 14.2. The Bertz CT molecular complexity index is 711. The molecule has 2 atom stereocenters. The van der Waals surface area contributed by atoms with E-state index in [1.807, 2.05) is 18.7 Å². The second-order valence-electron chi connectivity index (χ2n) is 6.01. The summed E-state index contributed by atoms with van der Waals surface area (Å²) in [5, 5.41) is 0. The maximum Gasteiger partial charge on any atom is 0.330 e. The summed E-state index contributed by atoms with van der Waals surface area (Å²) in [7, 11) is 1.49. The molecule has 2 heterocycles. The van der Waals surface area contributed by atoms with Crippen molar-refractivity contribution in [3.8, 4) is 0 Å². The minimum absolute atomic E-state index is 0.0142. The number of H-pyrrole nitrogens is 1. The van der Waals surface area contributed by atoms with Gasteiger partial charge in [0.2, 0.25) is 0 Å². The molecule has 1 fully saturated rings. The second-order valence-corrected chi connectivity index (χ2v) is 6.01. The molecule has 1 aromatic heterocycles. The molecule has 0 spiro atoms. The number of rotatable bonds is 6. The lowest BCUT2D eigenvalue weighted by atomic mass is 10.1. The van der Waals surface area contributed by atoms with Crippen molar-refractivity contribution in [1.29, 1.82) is 0 Å². The normalized spacial score (nSPS) is 21.8. The first-order valence-electron chi connectivity index (χ1n) is 7.85. The number of nitrogen functional groups attached to an aromatic ring is 1. The molecule has 134 valence electrons. The molecule has 0 bridgehead atoms. The van der Waals surface area contributed by atoms with E-state index in [4.69, 9.17) is 15.2 Å². The van der Waals surface area contributed by atoms with Gasteiger partial charge in [-0.3, -0.25) is 24.0 Å². The monoisotopic (exact) mass is 340 g/mol. The molecule has 2 rings (SSSR count). The standard InChI is InChI=1S/C15H24N4O5/c1-9-8-24-10(2)6-18(9)7-11(20)12-13(16)19(4-5-23-3)15(22)17-14(12)21/h9-10H,4-8,16H2,1-3H3,(H,17,21,22)/t9-,10+/m0/s1. The minimum atomic E-state index is -0.759. The lowest BCUT2D eigenvalue weighted by Crippen LogP contribution is -2.50. The third kappa shape index (κ3) is 3.92. The largest absolute Gasteiger partial charge is 0.384 e. The molecule has 9 nitrogen and oxygen atoms in total. The van der Waals surface area contributed by atoms with Crippen molar-refractivity contribution < 1.29 is 14.3 Å². The van der Waals surface area contributed by atoms with Gasteiger partial charge in [-0.25, -0.2) is 4.79 Å². The number of nitrogens with two attached hydrogens (primary N) is 1. The molecule has 3 N–H and O–H groups in total. The van der Waals surface area contributed by atoms with E-state index in [9.17, 15) is 14.4 Å². The van der Waals surface area contributed by atoms with E-state index in [2.05, 4.69) is 4.98 Å². The van der Waals surface area contributed by atoms with Crippen LogP contribution in [0.25, 0.3) is 0 Å². The van der Waals surface area contributed by atoms with Crippen LogP contribution in [0, 0.1) is 0 Å². The number of nitrogens with zero attached hydrogens (tertiary/aromatic N) is 2. The summed E-state index contributed by atoms with van der Waals surface area (Å²) in [6.07, 6.45) is 0.0142. The van der Waals surface area contributed by atoms with E-state index in [0.29, 0.717) is 13.2 Å². The minimum Gasteiger partial charge on any atom is -0.384 e. The average Bonchev–Trinajstić information content (AvgIpc) is 2.50. The highest BCUT2D eigenvalue weighted by atomic mass is 16.5. The number of hydrogen-bond acceptors (Lipinski definition) is 7. The smallest absolute Gasteiger partial charge is 0.330 e. The Balaban J connectivity index is 2.28. The van der Waals surface area contributed by atoms with E-state index in [1.54, 1.807) is 0 Å². The number of aromatic amines is 1. The van der Waals surface area contributed by atoms with Crippen LogP contribution in [0.5, 0.6) is 0 Å². The van der Waals surface area contributed by atoms with Crippen molar-refractivity contribution >= 4 is 11.6 Å². The Kier molecular flexibility index (Phi) is 5.92. The summed E-state index contributed by atoms with van der Waals surface area (Å²) < 4.78 is 11.6. The van der Waals surface area contributed by atoms with Gasteiger partial charge in [0.25, 0.3) is 5.56 Å². The fourth-order valence-corrected chi connectivity index (χ4v) is 2.72. The van der Waals surface area contributed by atoms with E-state index in [1.165, 1.54) is 7.11 Å². The first-order chi connectivity index (χ1) is 11.3. The summed E-state index contributed by atoms with van der Waals surface area (Å²) in [5.74, 6) is -0.541. The van der Waals surface area contributed by atoms with Crippen molar-refractivity contribution in [2.75, 3.05) is 39.1 Å². The number of aromatic nitrogens is 2. The van der Waals surface area contributed by atoms with Gasteiger partial charge in [0.15, 0.2) is 5.78 Å². The highest BCUT2D eigenvalue weighted by molar-refractivity contribution is 6.01. The van der Waals surface area contributed by atoms with Gasteiger partial charge in [-0.05, 0) is 13.8 Å². The molecule has 0 aromatic carbocycles. The van der Waals surface area contributed by atoms with Gasteiger partial charge in [0.1, 0.15) is 11.4 Å². The summed E-state index contributed by atoms with van der Waals surface area (Å²) in [6, 6.07) is 0.0600. The van der Waals surface area contributed by atoms with Gasteiger partial charge in [-0.1, -0.05) is 0 Å². The van der Waals surface area contributed by atoms with Crippen LogP contribution in [0.2, 0.25) is 0 Å². The number of carbonyl (C=O) groups is 1. The van der Waals surface area contributed by atoms with Crippen LogP contribution in [0.1, 0.15) is 24.2 Å². The number of ether oxygens (including phenoxy) is 2. The zero-order valence-electron chi connectivity index (χ0n) is 14.2. The van der Waals surface area contributed by atoms with E-state index >= 15 is 0 Å². The molecule has 0 amide bonds. The number of nitrogens with one attached hydrogen (secondary N) is 1. The third-order valence-electron chi connectivity index (χ3n) is 4.12. The van der Waals surface area contributed by atoms with Crippen molar-refractivity contribution in [2.24, 2.45) is 0 Å². The van der Waals surface area contributed by atoms with Gasteiger partial charge >= 0.3 is 5.69 Å². The van der Waals surface area contributed by atoms with Crippen LogP contribution >= 0.6 is 0 Å². The topological polar surface area (TPSA) is 120 Å². The number of Topliss-reactive ketones (excluding diaryl/α,β-unsaturated/α-hetero) is 1. The Labute approximate surface area is 139 Å². The van der Waals surface area contributed by atoms with Gasteiger partial charge in [0, 0.05) is 19.7 Å². The number of anilines is 1. The average molecular weight is 340 g/mol. The molecule has 0 radical (unpaired) electrons. The maximum atomic E-state index is 12.6. The number of methoxy groups -OCH3 is 1. The first-order valence-corrected chi connectivity index (χ1v) is 7.85. The third-order valence-corrected chi connectivity index (χ3v) is 4.12. The molecule has 9 heteroatoms. The van der Waals surface area contributed by atoms with Gasteiger partial charge < -0.3 is 15.2 Å². The predicted octanol–water partition coefficient (Wildman–Crippen LogP) is -0.943. The zero-order chi connectivity index (χ0) is 17.9. The Morgan fingerprint density at radius 1 is 1.42 bits per heavy atom. The van der Waals surface area contributed by atoms with Gasteiger partial charge in [-0.15, -0.1) is 0 Å². The molecule has 1 aliphatic rings. The number of hydrogen-bond donors (Lipinski definition) is 2. The summed E-state index contributed by atoms with van der Waals surface area (Å²) in [4.78, 5) is 40.6. The second kappa shape index (κ2) is 7.73. The SMILES string of the molecule is COCCn1c(N)c(C(=O)CN2C[C@@H](C)OC[C@@H]2C)c(=O)[nH]c1=O. The van der Waals surface area contributed by atoms with Crippen LogP contribution < -0.4 is 17.0 Å². The Morgan fingerprint density at radius 3 is 2.79 bits per heavy atom. The molecular weight excluding hydrogens is 316 g/mol. The van der Waals surface area contributed by atoms with Gasteiger partial charge in [0.05, 0.1) is 32.4 Å². The molecule has 24 heavy (non-hydrogen) atoms. The Hall–Kier alpha value is -1.97. The molecule has 1 saturated heterocycles. The summed E-state index contributed by atoms with van der Waals surface area (Å²) in [6.45, 7) is 5.43. The van der Waals surface area contributed by atoms with Crippen LogP contribution in [0.15, 0.2) is 9.59 Å². The van der Waals surface area contributed by atoms with E-state index in [0.717, 1.165) is 4.57 Å². The lowest BCUT2D eigenvalue weighted by molar-refractivity contribution is -0.0460. The van der Waals surface area contributed by atoms with Crippen molar-refractivity contribution in [3.05, 3.63) is 26.4 Å². The molecule has 0 saturated carbocycles. The molecule has 1 aromatic rings. The highest BCUT2D eigenvalue weighted by Crippen LogP contribution is 2.13. The molecular formula is C15H24N4O5. The molecule has 0 aliphatic carbocycles. The first kappa shape index (κ1) is 18.4. The number of carbonyl (C=O) groups excluding carboxylic acids is 1. The van der Waals surface area contributed by atoms with Crippen molar-refractivity contribution in [1.82, 2.24) is 14.5 Å². The number of ketones is 1. The van der Waals surface area contributed by atoms with Crippen LogP contribution in [-0.2, 0) is 16.0 Å². The fraction of sp³-hybridized carbons (Fsp3) is 0.667. The quantitative estimate of drug-likeness (QED) is 0.641.